The lowest BCUT2D eigenvalue weighted by atomic mass is 10.2. The highest BCUT2D eigenvalue weighted by Gasteiger charge is 2.05. The van der Waals surface area contributed by atoms with Gasteiger partial charge in [0.15, 0.2) is 5.13 Å². The van der Waals surface area contributed by atoms with Crippen LogP contribution in [0.3, 0.4) is 0 Å². The molecular weight excluding hydrogens is 394 g/mol. The van der Waals surface area contributed by atoms with Gasteiger partial charge in [-0.05, 0) is 36.4 Å². The molecule has 0 amide bonds. The normalized spacial score (nSPS) is 10.0. The van der Waals surface area contributed by atoms with E-state index in [4.69, 9.17) is 11.6 Å². The van der Waals surface area contributed by atoms with Crippen molar-refractivity contribution < 1.29 is 0 Å². The van der Waals surface area contributed by atoms with E-state index in [-0.39, 0.29) is 17.0 Å². The Labute approximate surface area is 155 Å². The maximum Gasteiger partial charge on any atom is 0.187 e. The van der Waals surface area contributed by atoms with Gasteiger partial charge in [-0.25, -0.2) is 4.98 Å². The molecule has 1 aromatic heterocycles. The molecule has 0 atom stereocenters. The van der Waals surface area contributed by atoms with Crippen molar-refractivity contribution in [2.45, 2.75) is 0 Å². The van der Waals surface area contributed by atoms with Crippen LogP contribution in [-0.2, 0) is 0 Å². The van der Waals surface area contributed by atoms with Gasteiger partial charge in [0.05, 0.1) is 5.69 Å². The lowest BCUT2D eigenvalue weighted by molar-refractivity contribution is 1.13. The maximum absolute atomic E-state index is 5.91. The van der Waals surface area contributed by atoms with Crippen molar-refractivity contribution in [2.24, 2.45) is 0 Å². The lowest BCUT2D eigenvalue weighted by Crippen LogP contribution is -2.08. The summed E-state index contributed by atoms with van der Waals surface area (Å²) in [6, 6.07) is 16.0. The fourth-order valence-corrected chi connectivity index (χ4v) is 2.92. The number of anilines is 3. The monoisotopic (exact) mass is 409 g/mol. The van der Waals surface area contributed by atoms with Crippen molar-refractivity contribution >= 4 is 56.4 Å². The van der Waals surface area contributed by atoms with E-state index < -0.39 is 0 Å². The second-order valence-electron chi connectivity index (χ2n) is 5.11. The Morgan fingerprint density at radius 2 is 1.65 bits per heavy atom. The van der Waals surface area contributed by atoms with Crippen molar-refractivity contribution in [1.82, 2.24) is 4.98 Å². The molecule has 0 saturated carbocycles. The molecule has 0 bridgehead atoms. The van der Waals surface area contributed by atoms with Gasteiger partial charge in [0, 0.05) is 41.4 Å². The number of thiazole rings is 1. The predicted octanol–water partition coefficient (Wildman–Crippen LogP) is 5.85. The summed E-state index contributed by atoms with van der Waals surface area (Å²) in [5.74, 6) is 0. The van der Waals surface area contributed by atoms with Gasteiger partial charge in [-0.2, -0.15) is 0 Å². The van der Waals surface area contributed by atoms with Crippen molar-refractivity contribution in [3.63, 3.8) is 0 Å². The van der Waals surface area contributed by atoms with Crippen LogP contribution in [0.2, 0.25) is 5.02 Å². The highest BCUT2D eigenvalue weighted by Crippen LogP contribution is 2.28. The van der Waals surface area contributed by atoms with Crippen LogP contribution >= 0.6 is 39.9 Å². The number of rotatable bonds is 4. The van der Waals surface area contributed by atoms with Crippen LogP contribution in [-0.4, -0.2) is 19.1 Å². The first kappa shape index (κ1) is 17.8. The first-order valence-electron chi connectivity index (χ1n) is 6.88. The molecule has 1 heterocycles. The van der Waals surface area contributed by atoms with Gasteiger partial charge in [0.1, 0.15) is 0 Å². The molecule has 0 radical (unpaired) electrons. The molecule has 0 aliphatic carbocycles. The minimum atomic E-state index is 0. The third-order valence-electron chi connectivity index (χ3n) is 3.28. The second-order valence-corrected chi connectivity index (χ2v) is 6.41. The van der Waals surface area contributed by atoms with Crippen molar-refractivity contribution in [3.8, 4) is 11.3 Å². The molecule has 3 aromatic rings. The minimum absolute atomic E-state index is 0. The molecule has 2 aromatic carbocycles. The molecule has 0 aliphatic heterocycles. The van der Waals surface area contributed by atoms with Gasteiger partial charge in [0.25, 0.3) is 0 Å². The third kappa shape index (κ3) is 4.47. The Kier molecular flexibility index (Phi) is 6.04. The summed E-state index contributed by atoms with van der Waals surface area (Å²) in [5, 5.41) is 6.99. The number of aromatic nitrogens is 1. The standard InChI is InChI=1S/C17H16ClN3S.BrH/c1-21(2)15-9-7-14(8-10-15)19-17-20-16(11-22-17)12-3-5-13(18)6-4-12;/h3-11H,1-2H3,(H,19,20);1H. The Morgan fingerprint density at radius 1 is 1.00 bits per heavy atom. The number of halogens is 2. The Morgan fingerprint density at radius 3 is 2.26 bits per heavy atom. The summed E-state index contributed by atoms with van der Waals surface area (Å²) in [6.07, 6.45) is 0. The molecule has 3 nitrogen and oxygen atoms in total. The molecule has 3 rings (SSSR count). The first-order chi connectivity index (χ1) is 10.6. The zero-order valence-corrected chi connectivity index (χ0v) is 16.1. The van der Waals surface area contributed by atoms with Crippen molar-refractivity contribution in [1.29, 1.82) is 0 Å². The van der Waals surface area contributed by atoms with Crippen molar-refractivity contribution in [3.05, 3.63) is 58.9 Å². The molecule has 0 fully saturated rings. The van der Waals surface area contributed by atoms with E-state index in [0.29, 0.717) is 0 Å². The van der Waals surface area contributed by atoms with Crippen LogP contribution in [0, 0.1) is 0 Å². The van der Waals surface area contributed by atoms with E-state index in [1.54, 1.807) is 11.3 Å². The largest absolute Gasteiger partial charge is 0.378 e. The number of nitrogens with zero attached hydrogens (tertiary/aromatic N) is 2. The van der Waals surface area contributed by atoms with Gasteiger partial charge in [-0.3, -0.25) is 0 Å². The van der Waals surface area contributed by atoms with E-state index in [2.05, 4.69) is 39.5 Å². The van der Waals surface area contributed by atoms with Gasteiger partial charge in [-0.1, -0.05) is 23.7 Å². The number of hydrogen-bond donors (Lipinski definition) is 1. The molecule has 120 valence electrons. The topological polar surface area (TPSA) is 28.2 Å². The average Bonchev–Trinajstić information content (AvgIpc) is 2.97. The highest BCUT2D eigenvalue weighted by atomic mass is 79.9. The van der Waals surface area contributed by atoms with Gasteiger partial charge < -0.3 is 10.2 Å². The van der Waals surface area contributed by atoms with Crippen molar-refractivity contribution in [2.75, 3.05) is 24.3 Å². The van der Waals surface area contributed by atoms with Crippen LogP contribution in [0.5, 0.6) is 0 Å². The molecular formula is C17H17BrClN3S. The summed E-state index contributed by atoms with van der Waals surface area (Å²) >= 11 is 7.50. The molecule has 23 heavy (non-hydrogen) atoms. The van der Waals surface area contributed by atoms with Crippen LogP contribution in [0.1, 0.15) is 0 Å². The van der Waals surface area contributed by atoms with Gasteiger partial charge in [-0.15, -0.1) is 28.3 Å². The summed E-state index contributed by atoms with van der Waals surface area (Å²) < 4.78 is 0. The fourth-order valence-electron chi connectivity index (χ4n) is 2.05. The SMILES string of the molecule is Br.CN(C)c1ccc(Nc2nc(-c3ccc(Cl)cc3)cs2)cc1. The first-order valence-corrected chi connectivity index (χ1v) is 8.13. The van der Waals surface area contributed by atoms with Crippen LogP contribution in [0.25, 0.3) is 11.3 Å². The summed E-state index contributed by atoms with van der Waals surface area (Å²) in [5.41, 5.74) is 4.22. The number of benzene rings is 2. The highest BCUT2D eigenvalue weighted by molar-refractivity contribution is 8.93. The smallest absolute Gasteiger partial charge is 0.187 e. The quantitative estimate of drug-likeness (QED) is 0.584. The Balaban J connectivity index is 0.00000192. The summed E-state index contributed by atoms with van der Waals surface area (Å²) in [4.78, 5) is 6.69. The summed E-state index contributed by atoms with van der Waals surface area (Å²) in [7, 11) is 4.06. The molecule has 0 spiro atoms. The second kappa shape index (κ2) is 7.81. The number of hydrogen-bond acceptors (Lipinski definition) is 4. The molecule has 0 saturated heterocycles. The predicted molar refractivity (Wildman–Crippen MR) is 107 cm³/mol. The maximum atomic E-state index is 5.91. The van der Waals surface area contributed by atoms with Crippen LogP contribution in [0.4, 0.5) is 16.5 Å². The average molecular weight is 411 g/mol. The van der Waals surface area contributed by atoms with E-state index in [1.807, 2.05) is 43.7 Å². The van der Waals surface area contributed by atoms with E-state index in [9.17, 15) is 0 Å². The van der Waals surface area contributed by atoms with Gasteiger partial charge >= 0.3 is 0 Å². The zero-order valence-electron chi connectivity index (χ0n) is 12.8. The van der Waals surface area contributed by atoms with Crippen LogP contribution < -0.4 is 10.2 Å². The summed E-state index contributed by atoms with van der Waals surface area (Å²) in [6.45, 7) is 0. The minimum Gasteiger partial charge on any atom is -0.378 e. The molecule has 1 N–H and O–H groups in total. The van der Waals surface area contributed by atoms with Crippen LogP contribution in [0.15, 0.2) is 53.9 Å². The third-order valence-corrected chi connectivity index (χ3v) is 4.29. The molecule has 0 aliphatic rings. The Bertz CT molecular complexity index is 754. The fraction of sp³-hybridized carbons (Fsp3) is 0.118. The number of nitrogens with one attached hydrogen (secondary N) is 1. The van der Waals surface area contributed by atoms with E-state index in [1.165, 1.54) is 5.69 Å². The van der Waals surface area contributed by atoms with Gasteiger partial charge in [0.2, 0.25) is 0 Å². The molecule has 6 heteroatoms. The Hall–Kier alpha value is -1.56. The lowest BCUT2D eigenvalue weighted by Gasteiger charge is -2.12. The zero-order chi connectivity index (χ0) is 15.5. The van der Waals surface area contributed by atoms with E-state index in [0.717, 1.165) is 27.1 Å². The van der Waals surface area contributed by atoms with E-state index >= 15 is 0 Å². The molecule has 0 unspecified atom stereocenters.